The van der Waals surface area contributed by atoms with Crippen molar-refractivity contribution in [2.75, 3.05) is 22.7 Å². The van der Waals surface area contributed by atoms with Gasteiger partial charge in [0.2, 0.25) is 0 Å². The molecule has 0 bridgehead atoms. The van der Waals surface area contributed by atoms with Crippen LogP contribution in [0.2, 0.25) is 0 Å². The van der Waals surface area contributed by atoms with Crippen LogP contribution in [0.3, 0.4) is 0 Å². The summed E-state index contributed by atoms with van der Waals surface area (Å²) in [7, 11) is -3.47. The number of anilines is 2. The molecule has 0 unspecified atom stereocenters. The highest BCUT2D eigenvalue weighted by Crippen LogP contribution is 2.36. The first-order chi connectivity index (χ1) is 9.50. The van der Waals surface area contributed by atoms with Gasteiger partial charge in [-0.15, -0.1) is 23.7 Å². The van der Waals surface area contributed by atoms with Crippen LogP contribution < -0.4 is 9.62 Å². The first-order valence-corrected chi connectivity index (χ1v) is 8.68. The Morgan fingerprint density at radius 2 is 1.95 bits per heavy atom. The SMILES string of the molecule is Cc1cc(C)c(S(=O)(=O)N2CCNc3ccccc32)s1.Cl. The van der Waals surface area contributed by atoms with Crippen LogP contribution in [-0.2, 0) is 10.0 Å². The number of fused-ring (bicyclic) bond motifs is 1. The molecule has 3 rings (SSSR count). The van der Waals surface area contributed by atoms with Gasteiger partial charge in [-0.1, -0.05) is 12.1 Å². The highest BCUT2D eigenvalue weighted by Gasteiger charge is 2.31. The number of sulfonamides is 1. The number of nitrogens with zero attached hydrogens (tertiary/aromatic N) is 1. The Balaban J connectivity index is 0.00000161. The van der Waals surface area contributed by atoms with Crippen LogP contribution in [0.4, 0.5) is 11.4 Å². The second-order valence-corrected chi connectivity index (χ2v) is 8.16. The lowest BCUT2D eigenvalue weighted by molar-refractivity contribution is 0.592. The Hall–Kier alpha value is -1.24. The summed E-state index contributed by atoms with van der Waals surface area (Å²) in [6.07, 6.45) is 0. The summed E-state index contributed by atoms with van der Waals surface area (Å²) in [5, 5.41) is 3.23. The van der Waals surface area contributed by atoms with Gasteiger partial charge in [-0.25, -0.2) is 8.42 Å². The van der Waals surface area contributed by atoms with Crippen molar-refractivity contribution in [1.82, 2.24) is 0 Å². The number of aryl methyl sites for hydroxylation is 2. The first-order valence-electron chi connectivity index (χ1n) is 6.43. The molecule has 4 nitrogen and oxygen atoms in total. The molecule has 2 heterocycles. The summed E-state index contributed by atoms with van der Waals surface area (Å²) in [6.45, 7) is 4.86. The molecule has 21 heavy (non-hydrogen) atoms. The molecule has 7 heteroatoms. The van der Waals surface area contributed by atoms with Crippen LogP contribution in [-0.4, -0.2) is 21.5 Å². The first kappa shape index (κ1) is 16.1. The van der Waals surface area contributed by atoms with Crippen molar-refractivity contribution in [2.45, 2.75) is 18.1 Å². The van der Waals surface area contributed by atoms with E-state index in [-0.39, 0.29) is 12.4 Å². The molecule has 0 fully saturated rings. The van der Waals surface area contributed by atoms with Gasteiger partial charge in [0.25, 0.3) is 10.0 Å². The minimum atomic E-state index is -3.47. The molecule has 0 spiro atoms. The lowest BCUT2D eigenvalue weighted by Crippen LogP contribution is -2.38. The normalized spacial score (nSPS) is 14.1. The van der Waals surface area contributed by atoms with E-state index in [0.717, 1.165) is 21.8 Å². The van der Waals surface area contributed by atoms with E-state index < -0.39 is 10.0 Å². The smallest absolute Gasteiger partial charge is 0.274 e. The number of hydrogen-bond acceptors (Lipinski definition) is 4. The molecule has 1 N–H and O–H groups in total. The lowest BCUT2D eigenvalue weighted by Gasteiger charge is -2.30. The van der Waals surface area contributed by atoms with Gasteiger partial charge in [0, 0.05) is 11.4 Å². The zero-order chi connectivity index (χ0) is 14.3. The molecule has 1 aromatic carbocycles. The molecule has 0 radical (unpaired) electrons. The largest absolute Gasteiger partial charge is 0.382 e. The van der Waals surface area contributed by atoms with E-state index in [1.54, 1.807) is 0 Å². The minimum Gasteiger partial charge on any atom is -0.382 e. The van der Waals surface area contributed by atoms with Crippen LogP contribution in [0.5, 0.6) is 0 Å². The monoisotopic (exact) mass is 344 g/mol. The van der Waals surface area contributed by atoms with Crippen molar-refractivity contribution in [1.29, 1.82) is 0 Å². The maximum Gasteiger partial charge on any atom is 0.274 e. The van der Waals surface area contributed by atoms with Gasteiger partial charge in [0.1, 0.15) is 4.21 Å². The third-order valence-corrected chi connectivity index (χ3v) is 6.90. The van der Waals surface area contributed by atoms with Crippen molar-refractivity contribution in [3.05, 3.63) is 40.8 Å². The maximum absolute atomic E-state index is 12.9. The van der Waals surface area contributed by atoms with E-state index in [1.807, 2.05) is 44.2 Å². The zero-order valence-corrected chi connectivity index (χ0v) is 14.2. The second-order valence-electron chi connectivity index (χ2n) is 4.85. The van der Waals surface area contributed by atoms with E-state index in [2.05, 4.69) is 5.32 Å². The van der Waals surface area contributed by atoms with Gasteiger partial charge in [0.05, 0.1) is 17.9 Å². The summed E-state index contributed by atoms with van der Waals surface area (Å²) in [5.41, 5.74) is 2.42. The summed E-state index contributed by atoms with van der Waals surface area (Å²) in [5.74, 6) is 0. The number of hydrogen-bond donors (Lipinski definition) is 1. The van der Waals surface area contributed by atoms with Gasteiger partial charge >= 0.3 is 0 Å². The highest BCUT2D eigenvalue weighted by molar-refractivity contribution is 7.94. The Kier molecular flexibility index (Phi) is 4.51. The second kappa shape index (κ2) is 5.87. The average Bonchev–Trinajstić information content (AvgIpc) is 2.78. The quantitative estimate of drug-likeness (QED) is 0.908. The highest BCUT2D eigenvalue weighted by atomic mass is 35.5. The van der Waals surface area contributed by atoms with E-state index in [1.165, 1.54) is 15.6 Å². The molecular formula is C14H17ClN2O2S2. The van der Waals surface area contributed by atoms with Crippen molar-refractivity contribution in [3.8, 4) is 0 Å². The van der Waals surface area contributed by atoms with Crippen LogP contribution in [0.15, 0.2) is 34.5 Å². The predicted molar refractivity (Wildman–Crippen MR) is 90.5 cm³/mol. The molecule has 1 aliphatic rings. The topological polar surface area (TPSA) is 49.4 Å². The molecule has 0 saturated carbocycles. The molecule has 1 aromatic heterocycles. The number of thiophene rings is 1. The van der Waals surface area contributed by atoms with Crippen molar-refractivity contribution >= 4 is 45.1 Å². The van der Waals surface area contributed by atoms with Crippen molar-refractivity contribution < 1.29 is 8.42 Å². The standard InChI is InChI=1S/C14H16N2O2S2.ClH/c1-10-9-11(2)19-14(10)20(17,18)16-8-7-15-12-5-3-4-6-13(12)16;/h3-6,9,15H,7-8H2,1-2H3;1H. The molecule has 1 aliphatic heterocycles. The van der Waals surface area contributed by atoms with Crippen molar-refractivity contribution in [2.24, 2.45) is 0 Å². The molecule has 0 amide bonds. The molecule has 0 aliphatic carbocycles. The van der Waals surface area contributed by atoms with Gasteiger partial charge in [-0.05, 0) is 37.6 Å². The third-order valence-electron chi connectivity index (χ3n) is 3.32. The van der Waals surface area contributed by atoms with Crippen LogP contribution in [0, 0.1) is 13.8 Å². The van der Waals surface area contributed by atoms with Crippen LogP contribution in [0.1, 0.15) is 10.4 Å². The number of benzene rings is 1. The molecular weight excluding hydrogens is 328 g/mol. The van der Waals surface area contributed by atoms with E-state index in [0.29, 0.717) is 17.3 Å². The van der Waals surface area contributed by atoms with Crippen LogP contribution >= 0.6 is 23.7 Å². The number of rotatable bonds is 2. The van der Waals surface area contributed by atoms with Crippen LogP contribution in [0.25, 0.3) is 0 Å². The van der Waals surface area contributed by atoms with E-state index in [9.17, 15) is 8.42 Å². The molecule has 114 valence electrons. The zero-order valence-electron chi connectivity index (χ0n) is 11.8. The molecule has 0 atom stereocenters. The maximum atomic E-state index is 12.9. The Morgan fingerprint density at radius 1 is 1.24 bits per heavy atom. The fourth-order valence-corrected chi connectivity index (χ4v) is 5.73. The lowest BCUT2D eigenvalue weighted by atomic mass is 10.2. The van der Waals surface area contributed by atoms with Gasteiger partial charge in [-0.3, -0.25) is 4.31 Å². The summed E-state index contributed by atoms with van der Waals surface area (Å²) in [6, 6.07) is 9.44. The predicted octanol–water partition coefficient (Wildman–Crippen LogP) is 3.41. The van der Waals surface area contributed by atoms with E-state index in [4.69, 9.17) is 0 Å². The van der Waals surface area contributed by atoms with E-state index >= 15 is 0 Å². The van der Waals surface area contributed by atoms with Crippen molar-refractivity contribution in [3.63, 3.8) is 0 Å². The Bertz CT molecular complexity index is 756. The Morgan fingerprint density at radius 3 is 2.62 bits per heavy atom. The molecule has 0 saturated heterocycles. The molecule has 2 aromatic rings. The summed E-state index contributed by atoms with van der Waals surface area (Å²) >= 11 is 1.34. The third kappa shape index (κ3) is 2.75. The van der Waals surface area contributed by atoms with Gasteiger partial charge < -0.3 is 5.32 Å². The van der Waals surface area contributed by atoms with Gasteiger partial charge in [-0.2, -0.15) is 0 Å². The minimum absolute atomic E-state index is 0. The summed E-state index contributed by atoms with van der Waals surface area (Å²) in [4.78, 5) is 1.02. The number of para-hydroxylation sites is 2. The fourth-order valence-electron chi connectivity index (χ4n) is 2.48. The number of nitrogens with one attached hydrogen (secondary N) is 1. The summed E-state index contributed by atoms with van der Waals surface area (Å²) < 4.78 is 27.7. The fraction of sp³-hybridized carbons (Fsp3) is 0.286. The number of halogens is 1. The Labute approximate surface area is 135 Å². The average molecular weight is 345 g/mol. The van der Waals surface area contributed by atoms with Gasteiger partial charge in [0.15, 0.2) is 0 Å².